The monoisotopic (exact) mass is 324 g/mol. The standard InChI is InChI=1S/C16H24N2O3S/c1-5-16(2,3)17-9-12(19)18-14-13(15(20)21-4)10-7-6-8-11(10)22-14/h17H,5-9H2,1-4H3,(H,18,19). The molecule has 1 aliphatic rings. The predicted molar refractivity (Wildman–Crippen MR) is 88.7 cm³/mol. The molecule has 0 fully saturated rings. The fourth-order valence-corrected chi connectivity index (χ4v) is 3.72. The van der Waals surface area contributed by atoms with Crippen molar-refractivity contribution in [3.63, 3.8) is 0 Å². The second-order valence-electron chi connectivity index (χ2n) is 6.19. The molecule has 0 saturated heterocycles. The minimum Gasteiger partial charge on any atom is -0.465 e. The van der Waals surface area contributed by atoms with Gasteiger partial charge in [0.1, 0.15) is 5.00 Å². The number of methoxy groups -OCH3 is 1. The zero-order valence-corrected chi connectivity index (χ0v) is 14.5. The largest absolute Gasteiger partial charge is 0.465 e. The molecule has 1 aromatic heterocycles. The van der Waals surface area contributed by atoms with Crippen LogP contribution in [-0.4, -0.2) is 31.1 Å². The van der Waals surface area contributed by atoms with Crippen molar-refractivity contribution in [3.05, 3.63) is 16.0 Å². The number of carbonyl (C=O) groups is 2. The van der Waals surface area contributed by atoms with E-state index >= 15 is 0 Å². The van der Waals surface area contributed by atoms with Gasteiger partial charge in [-0.15, -0.1) is 11.3 Å². The Balaban J connectivity index is 2.10. The minimum absolute atomic E-state index is 0.0836. The molecule has 1 aliphatic carbocycles. The van der Waals surface area contributed by atoms with Crippen LogP contribution in [0.3, 0.4) is 0 Å². The Morgan fingerprint density at radius 3 is 2.68 bits per heavy atom. The molecule has 0 radical (unpaired) electrons. The number of hydrogen-bond acceptors (Lipinski definition) is 5. The summed E-state index contributed by atoms with van der Waals surface area (Å²) in [6.45, 7) is 6.41. The molecular weight excluding hydrogens is 300 g/mol. The molecule has 0 unspecified atom stereocenters. The molecule has 22 heavy (non-hydrogen) atoms. The molecule has 5 nitrogen and oxygen atoms in total. The van der Waals surface area contributed by atoms with E-state index in [1.54, 1.807) is 0 Å². The Bertz CT molecular complexity index is 578. The number of fused-ring (bicyclic) bond motifs is 1. The van der Waals surface area contributed by atoms with Crippen LogP contribution in [-0.2, 0) is 22.4 Å². The molecule has 1 amide bonds. The SMILES string of the molecule is CCC(C)(C)NCC(=O)Nc1sc2c(c1C(=O)OC)CCC2. The van der Waals surface area contributed by atoms with Gasteiger partial charge in [-0.25, -0.2) is 4.79 Å². The quantitative estimate of drug-likeness (QED) is 0.790. The number of anilines is 1. The normalized spacial score (nSPS) is 13.8. The highest BCUT2D eigenvalue weighted by atomic mass is 32.1. The summed E-state index contributed by atoms with van der Waals surface area (Å²) >= 11 is 1.50. The van der Waals surface area contributed by atoms with Crippen LogP contribution in [0.25, 0.3) is 0 Å². The number of rotatable bonds is 6. The molecule has 0 aliphatic heterocycles. The molecule has 0 spiro atoms. The highest BCUT2D eigenvalue weighted by Crippen LogP contribution is 2.39. The number of nitrogens with one attached hydrogen (secondary N) is 2. The number of ether oxygens (including phenoxy) is 1. The molecule has 0 bridgehead atoms. The van der Waals surface area contributed by atoms with Crippen molar-refractivity contribution in [1.82, 2.24) is 5.32 Å². The third-order valence-electron chi connectivity index (χ3n) is 4.18. The third kappa shape index (κ3) is 3.67. The van der Waals surface area contributed by atoms with Gasteiger partial charge in [-0.2, -0.15) is 0 Å². The van der Waals surface area contributed by atoms with Crippen molar-refractivity contribution in [2.45, 2.75) is 52.0 Å². The van der Waals surface area contributed by atoms with Crippen LogP contribution in [0, 0.1) is 0 Å². The van der Waals surface area contributed by atoms with E-state index in [-0.39, 0.29) is 24.0 Å². The van der Waals surface area contributed by atoms with Crippen molar-refractivity contribution >= 4 is 28.2 Å². The van der Waals surface area contributed by atoms with Crippen LogP contribution in [0.4, 0.5) is 5.00 Å². The fourth-order valence-electron chi connectivity index (χ4n) is 2.43. The zero-order valence-electron chi connectivity index (χ0n) is 13.7. The lowest BCUT2D eigenvalue weighted by molar-refractivity contribution is -0.115. The first-order valence-corrected chi connectivity index (χ1v) is 8.47. The number of hydrogen-bond donors (Lipinski definition) is 2. The van der Waals surface area contributed by atoms with Gasteiger partial charge in [-0.3, -0.25) is 4.79 Å². The van der Waals surface area contributed by atoms with Gasteiger partial charge in [0.05, 0.1) is 19.2 Å². The predicted octanol–water partition coefficient (Wildman–Crippen LogP) is 2.74. The molecule has 0 aromatic carbocycles. The Hall–Kier alpha value is -1.40. The summed E-state index contributed by atoms with van der Waals surface area (Å²) in [7, 11) is 1.37. The molecule has 0 saturated carbocycles. The molecule has 2 N–H and O–H groups in total. The fraction of sp³-hybridized carbons (Fsp3) is 0.625. The van der Waals surface area contributed by atoms with Crippen LogP contribution in [0.5, 0.6) is 0 Å². The van der Waals surface area contributed by atoms with Crippen molar-refractivity contribution < 1.29 is 14.3 Å². The van der Waals surface area contributed by atoms with Gasteiger partial charge in [0.15, 0.2) is 0 Å². The lowest BCUT2D eigenvalue weighted by atomic mass is 10.0. The lowest BCUT2D eigenvalue weighted by Gasteiger charge is -2.24. The van der Waals surface area contributed by atoms with Gasteiger partial charge in [0.25, 0.3) is 0 Å². The Kier molecular flexibility index (Phi) is 5.24. The summed E-state index contributed by atoms with van der Waals surface area (Å²) in [5.74, 6) is -0.497. The number of thiophene rings is 1. The summed E-state index contributed by atoms with van der Waals surface area (Å²) in [6.07, 6.45) is 3.85. The average molecular weight is 324 g/mol. The maximum Gasteiger partial charge on any atom is 0.341 e. The smallest absolute Gasteiger partial charge is 0.341 e. The number of aryl methyl sites for hydroxylation is 1. The number of amides is 1. The molecule has 122 valence electrons. The lowest BCUT2D eigenvalue weighted by Crippen LogP contribution is -2.43. The maximum atomic E-state index is 12.1. The van der Waals surface area contributed by atoms with Crippen molar-refractivity contribution in [2.24, 2.45) is 0 Å². The molecule has 6 heteroatoms. The van der Waals surface area contributed by atoms with E-state index in [4.69, 9.17) is 4.74 Å². The van der Waals surface area contributed by atoms with Gasteiger partial charge in [0, 0.05) is 10.4 Å². The first kappa shape index (κ1) is 17.0. The highest BCUT2D eigenvalue weighted by molar-refractivity contribution is 7.17. The van der Waals surface area contributed by atoms with Crippen LogP contribution < -0.4 is 10.6 Å². The second kappa shape index (κ2) is 6.79. The summed E-state index contributed by atoms with van der Waals surface area (Å²) in [5.41, 5.74) is 1.51. The third-order valence-corrected chi connectivity index (χ3v) is 5.38. The van der Waals surface area contributed by atoms with E-state index in [9.17, 15) is 9.59 Å². The Labute approximate surface area is 135 Å². The summed E-state index contributed by atoms with van der Waals surface area (Å²) in [6, 6.07) is 0. The topological polar surface area (TPSA) is 67.4 Å². The number of esters is 1. The van der Waals surface area contributed by atoms with Gasteiger partial charge >= 0.3 is 5.97 Å². The first-order valence-electron chi connectivity index (χ1n) is 7.65. The van der Waals surface area contributed by atoms with Crippen LogP contribution in [0.2, 0.25) is 0 Å². The Morgan fingerprint density at radius 2 is 2.05 bits per heavy atom. The summed E-state index contributed by atoms with van der Waals surface area (Å²) in [5, 5.41) is 6.71. The average Bonchev–Trinajstić information content (AvgIpc) is 3.05. The molecular formula is C16H24N2O3S. The zero-order chi connectivity index (χ0) is 16.3. The van der Waals surface area contributed by atoms with E-state index in [1.165, 1.54) is 23.3 Å². The van der Waals surface area contributed by atoms with E-state index in [0.29, 0.717) is 10.6 Å². The summed E-state index contributed by atoms with van der Waals surface area (Å²) in [4.78, 5) is 25.4. The highest BCUT2D eigenvalue weighted by Gasteiger charge is 2.28. The van der Waals surface area contributed by atoms with Crippen LogP contribution in [0.1, 0.15) is 54.4 Å². The first-order chi connectivity index (χ1) is 10.4. The Morgan fingerprint density at radius 1 is 1.32 bits per heavy atom. The van der Waals surface area contributed by atoms with Crippen LogP contribution >= 0.6 is 11.3 Å². The van der Waals surface area contributed by atoms with Gasteiger partial charge < -0.3 is 15.4 Å². The molecule has 1 aromatic rings. The van der Waals surface area contributed by atoms with Gasteiger partial charge in [0.2, 0.25) is 5.91 Å². The molecule has 0 atom stereocenters. The molecule has 2 rings (SSSR count). The number of carbonyl (C=O) groups excluding carboxylic acids is 2. The van der Waals surface area contributed by atoms with E-state index in [0.717, 1.165) is 31.2 Å². The maximum absolute atomic E-state index is 12.1. The minimum atomic E-state index is -0.364. The second-order valence-corrected chi connectivity index (χ2v) is 7.30. The van der Waals surface area contributed by atoms with Crippen molar-refractivity contribution in [2.75, 3.05) is 19.0 Å². The van der Waals surface area contributed by atoms with E-state index in [1.807, 2.05) is 0 Å². The van der Waals surface area contributed by atoms with Crippen molar-refractivity contribution in [3.8, 4) is 0 Å². The summed E-state index contributed by atoms with van der Waals surface area (Å²) < 4.78 is 4.87. The van der Waals surface area contributed by atoms with Gasteiger partial charge in [-0.1, -0.05) is 6.92 Å². The van der Waals surface area contributed by atoms with Gasteiger partial charge in [-0.05, 0) is 45.1 Å². The molecule has 1 heterocycles. The van der Waals surface area contributed by atoms with E-state index < -0.39 is 0 Å². The van der Waals surface area contributed by atoms with Crippen LogP contribution in [0.15, 0.2) is 0 Å². The van der Waals surface area contributed by atoms with E-state index in [2.05, 4.69) is 31.4 Å². The van der Waals surface area contributed by atoms with Crippen molar-refractivity contribution in [1.29, 1.82) is 0 Å².